The summed E-state index contributed by atoms with van der Waals surface area (Å²) in [5, 5.41) is 108. The number of phenols is 9. The van der Waals surface area contributed by atoms with Gasteiger partial charge in [0.2, 0.25) is 6.29 Å². The zero-order valence-electron chi connectivity index (χ0n) is 22.3. The van der Waals surface area contributed by atoms with Crippen LogP contribution >= 0.6 is 0 Å². The molecular weight excluding hydrogens is 612 g/mol. The standard InChI is InChI=1S/C27H24O18/c28-7-17-22(43-24(39)8-1-11(29)18(35)12(30)2-8)21(38)23(44-25(40)9-3-13(31)19(36)14(32)4-9)27(42-17)45-26(41)10-5-15(33)20(37)16(34)6-10/h1-6,17,21-23,27-38H,7H2/t17-,21+,22-,23-,27+/m0/s1. The molecule has 1 aliphatic heterocycles. The lowest BCUT2D eigenvalue weighted by Crippen LogP contribution is -2.62. The van der Waals surface area contributed by atoms with E-state index in [1.165, 1.54) is 0 Å². The number of ether oxygens (including phenoxy) is 4. The summed E-state index contributed by atoms with van der Waals surface area (Å²) in [6.45, 7) is -1.03. The number of carbonyl (C=O) groups is 3. The van der Waals surface area contributed by atoms with Gasteiger partial charge in [-0.15, -0.1) is 0 Å². The maximum atomic E-state index is 12.9. The first-order chi connectivity index (χ1) is 21.1. The van der Waals surface area contributed by atoms with Gasteiger partial charge in [-0.25, -0.2) is 14.4 Å². The predicted molar refractivity (Wildman–Crippen MR) is 140 cm³/mol. The van der Waals surface area contributed by atoms with E-state index in [-0.39, 0.29) is 0 Å². The van der Waals surface area contributed by atoms with Crippen LogP contribution in [0.2, 0.25) is 0 Å². The van der Waals surface area contributed by atoms with Gasteiger partial charge >= 0.3 is 17.9 Å². The van der Waals surface area contributed by atoms with Gasteiger partial charge in [0.15, 0.2) is 64.0 Å². The summed E-state index contributed by atoms with van der Waals surface area (Å²) in [5.74, 6) is -12.7. The molecule has 18 nitrogen and oxygen atoms in total. The highest BCUT2D eigenvalue weighted by Crippen LogP contribution is 2.39. The Labute approximate surface area is 249 Å². The van der Waals surface area contributed by atoms with Gasteiger partial charge in [-0.2, -0.15) is 0 Å². The molecule has 1 aliphatic rings. The zero-order chi connectivity index (χ0) is 33.3. The van der Waals surface area contributed by atoms with Crippen molar-refractivity contribution < 1.29 is 89.5 Å². The minimum absolute atomic E-state index is 0.559. The third kappa shape index (κ3) is 6.42. The molecule has 0 radical (unpaired) electrons. The normalized spacial score (nSPS) is 21.1. The van der Waals surface area contributed by atoms with E-state index in [1.54, 1.807) is 0 Å². The van der Waals surface area contributed by atoms with Crippen molar-refractivity contribution in [2.24, 2.45) is 0 Å². The number of phenolic OH excluding ortho intramolecular Hbond substituents is 9. The van der Waals surface area contributed by atoms with Crippen LogP contribution < -0.4 is 0 Å². The Balaban J connectivity index is 1.67. The van der Waals surface area contributed by atoms with E-state index in [0.29, 0.717) is 36.4 Å². The molecule has 18 heteroatoms. The highest BCUT2D eigenvalue weighted by atomic mass is 16.7. The third-order valence-electron chi connectivity index (χ3n) is 6.42. The molecule has 1 saturated heterocycles. The minimum atomic E-state index is -2.21. The van der Waals surface area contributed by atoms with E-state index in [2.05, 4.69) is 0 Å². The van der Waals surface area contributed by atoms with Crippen molar-refractivity contribution in [3.8, 4) is 51.7 Å². The number of aliphatic hydroxyl groups excluding tert-OH is 2. The highest BCUT2D eigenvalue weighted by molar-refractivity contribution is 5.93. The Kier molecular flexibility index (Phi) is 8.84. The Morgan fingerprint density at radius 1 is 0.556 bits per heavy atom. The first-order valence-corrected chi connectivity index (χ1v) is 12.4. The van der Waals surface area contributed by atoms with Crippen LogP contribution in [0.3, 0.4) is 0 Å². The third-order valence-corrected chi connectivity index (χ3v) is 6.42. The van der Waals surface area contributed by atoms with Gasteiger partial charge in [-0.3, -0.25) is 0 Å². The Morgan fingerprint density at radius 3 is 1.20 bits per heavy atom. The van der Waals surface area contributed by atoms with Gasteiger partial charge in [0.1, 0.15) is 12.2 Å². The van der Waals surface area contributed by atoms with Crippen LogP contribution in [0.1, 0.15) is 31.1 Å². The van der Waals surface area contributed by atoms with Crippen LogP contribution in [-0.4, -0.2) is 111 Å². The minimum Gasteiger partial charge on any atom is -0.504 e. The fourth-order valence-corrected chi connectivity index (χ4v) is 4.13. The zero-order valence-corrected chi connectivity index (χ0v) is 22.3. The van der Waals surface area contributed by atoms with Crippen molar-refractivity contribution in [1.29, 1.82) is 0 Å². The molecule has 240 valence electrons. The number of esters is 3. The molecule has 3 aromatic rings. The van der Waals surface area contributed by atoms with Crippen LogP contribution in [0.5, 0.6) is 51.7 Å². The van der Waals surface area contributed by atoms with Crippen LogP contribution in [0.25, 0.3) is 0 Å². The summed E-state index contributed by atoms with van der Waals surface area (Å²) >= 11 is 0. The average Bonchev–Trinajstić information content (AvgIpc) is 2.99. The summed E-state index contributed by atoms with van der Waals surface area (Å²) < 4.78 is 21.0. The van der Waals surface area contributed by atoms with Crippen molar-refractivity contribution in [1.82, 2.24) is 0 Å². The molecule has 0 aromatic heterocycles. The predicted octanol–water partition coefficient (Wildman–Crippen LogP) is -0.277. The number of rotatable bonds is 7. The van der Waals surface area contributed by atoms with Gasteiger partial charge < -0.3 is 75.1 Å². The first kappa shape index (κ1) is 32.1. The van der Waals surface area contributed by atoms with E-state index < -0.39 is 124 Å². The SMILES string of the molecule is O=C(O[C@H]1O[C@@H](CO)[C@H](OC(=O)c2cc(O)c(O)c(O)c2)[C@@H](O)[C@@H]1OC(=O)c1cc(O)c(O)c(O)c1)c1cc(O)c(O)c(O)c1. The maximum absolute atomic E-state index is 12.9. The molecule has 0 aliphatic carbocycles. The van der Waals surface area contributed by atoms with Crippen molar-refractivity contribution in [3.05, 3.63) is 53.1 Å². The smallest absolute Gasteiger partial charge is 0.340 e. The molecule has 1 fully saturated rings. The van der Waals surface area contributed by atoms with E-state index >= 15 is 0 Å². The van der Waals surface area contributed by atoms with Crippen molar-refractivity contribution in [2.75, 3.05) is 6.61 Å². The molecule has 3 aromatic carbocycles. The summed E-state index contributed by atoms with van der Waals surface area (Å²) in [5.41, 5.74) is -1.75. The fourth-order valence-electron chi connectivity index (χ4n) is 4.13. The largest absolute Gasteiger partial charge is 0.504 e. The molecule has 11 N–H and O–H groups in total. The molecule has 45 heavy (non-hydrogen) atoms. The summed E-state index contributed by atoms with van der Waals surface area (Å²) in [6.07, 6.45) is -10.1. The van der Waals surface area contributed by atoms with Crippen LogP contribution in [0.4, 0.5) is 0 Å². The monoisotopic (exact) mass is 636 g/mol. The lowest BCUT2D eigenvalue weighted by molar-refractivity contribution is -0.283. The Morgan fingerprint density at radius 2 is 0.867 bits per heavy atom. The van der Waals surface area contributed by atoms with Crippen LogP contribution in [-0.2, 0) is 18.9 Å². The molecule has 0 unspecified atom stereocenters. The number of aromatic hydroxyl groups is 9. The van der Waals surface area contributed by atoms with Crippen LogP contribution in [0.15, 0.2) is 36.4 Å². The Bertz CT molecular complexity index is 1580. The summed E-state index contributed by atoms with van der Waals surface area (Å²) in [4.78, 5) is 38.6. The number of hydrogen-bond donors (Lipinski definition) is 11. The van der Waals surface area contributed by atoms with Gasteiger partial charge in [-0.1, -0.05) is 0 Å². The number of carbonyl (C=O) groups excluding carboxylic acids is 3. The van der Waals surface area contributed by atoms with E-state index in [9.17, 15) is 70.6 Å². The summed E-state index contributed by atoms with van der Waals surface area (Å²) in [7, 11) is 0. The van der Waals surface area contributed by atoms with Gasteiger partial charge in [0.25, 0.3) is 0 Å². The van der Waals surface area contributed by atoms with E-state index in [1.807, 2.05) is 0 Å². The van der Waals surface area contributed by atoms with Gasteiger partial charge in [-0.05, 0) is 36.4 Å². The van der Waals surface area contributed by atoms with E-state index in [0.717, 1.165) is 0 Å². The lowest BCUT2D eigenvalue weighted by atomic mass is 9.98. The number of hydrogen-bond acceptors (Lipinski definition) is 18. The molecular formula is C27H24O18. The highest BCUT2D eigenvalue weighted by Gasteiger charge is 2.51. The molecule has 0 spiro atoms. The van der Waals surface area contributed by atoms with Crippen molar-refractivity contribution >= 4 is 17.9 Å². The molecule has 0 bridgehead atoms. The average molecular weight is 636 g/mol. The lowest BCUT2D eigenvalue weighted by Gasteiger charge is -2.42. The fraction of sp³-hybridized carbons (Fsp3) is 0.222. The molecule has 5 atom stereocenters. The Hall–Kier alpha value is -5.85. The molecule has 0 saturated carbocycles. The molecule has 0 amide bonds. The quantitative estimate of drug-likeness (QED) is 0.0902. The van der Waals surface area contributed by atoms with Crippen molar-refractivity contribution in [3.63, 3.8) is 0 Å². The second-order valence-electron chi connectivity index (χ2n) is 9.45. The van der Waals surface area contributed by atoms with Gasteiger partial charge in [0, 0.05) is 0 Å². The maximum Gasteiger partial charge on any atom is 0.340 e. The molecule has 4 rings (SSSR count). The van der Waals surface area contributed by atoms with Gasteiger partial charge in [0.05, 0.1) is 23.3 Å². The van der Waals surface area contributed by atoms with E-state index in [4.69, 9.17) is 18.9 Å². The topological polar surface area (TPSA) is 311 Å². The number of benzene rings is 3. The summed E-state index contributed by atoms with van der Waals surface area (Å²) in [6, 6.07) is 4.06. The molecule has 1 heterocycles. The second-order valence-corrected chi connectivity index (χ2v) is 9.45. The number of aliphatic hydroxyl groups is 2. The second kappa shape index (κ2) is 12.4. The van der Waals surface area contributed by atoms with Crippen LogP contribution in [0, 0.1) is 0 Å². The first-order valence-electron chi connectivity index (χ1n) is 12.4. The van der Waals surface area contributed by atoms with Crippen molar-refractivity contribution in [2.45, 2.75) is 30.7 Å².